The van der Waals surface area contributed by atoms with Crippen molar-refractivity contribution in [1.82, 2.24) is 16.0 Å². The van der Waals surface area contributed by atoms with Gasteiger partial charge < -0.3 is 16.0 Å². The van der Waals surface area contributed by atoms with E-state index < -0.39 is 0 Å². The Kier molecular flexibility index (Phi) is 11.0. The van der Waals surface area contributed by atoms with Crippen LogP contribution in [-0.2, 0) is 6.42 Å². The lowest BCUT2D eigenvalue weighted by Gasteiger charge is -2.12. The maximum absolute atomic E-state index is 12.9. The zero-order valence-electron chi connectivity index (χ0n) is 15.0. The Morgan fingerprint density at radius 1 is 0.963 bits per heavy atom. The zero-order chi connectivity index (χ0) is 18.8. The van der Waals surface area contributed by atoms with Crippen LogP contribution in [0, 0.1) is 5.82 Å². The predicted octanol–water partition coefficient (Wildman–Crippen LogP) is 3.34. The van der Waals surface area contributed by atoms with Crippen LogP contribution < -0.4 is 16.0 Å². The van der Waals surface area contributed by atoms with Gasteiger partial charge in [-0.15, -0.1) is 24.0 Å². The Hall–Kier alpha value is -1.68. The maximum atomic E-state index is 12.9. The molecule has 5 nitrogen and oxygen atoms in total. The highest BCUT2D eigenvalue weighted by atomic mass is 127. The Morgan fingerprint density at radius 3 is 2.19 bits per heavy atom. The quantitative estimate of drug-likeness (QED) is 0.215. The van der Waals surface area contributed by atoms with Gasteiger partial charge in [0.05, 0.1) is 0 Å². The zero-order valence-corrected chi connectivity index (χ0v) is 18.9. The first kappa shape index (κ1) is 23.4. The van der Waals surface area contributed by atoms with Gasteiger partial charge in [-0.2, -0.15) is 0 Å². The van der Waals surface area contributed by atoms with Crippen LogP contribution in [0.3, 0.4) is 0 Å². The predicted molar refractivity (Wildman–Crippen MR) is 121 cm³/mol. The molecule has 2 aromatic carbocycles. The van der Waals surface area contributed by atoms with Crippen molar-refractivity contribution < 1.29 is 9.18 Å². The van der Waals surface area contributed by atoms with E-state index in [9.17, 15) is 9.18 Å². The molecule has 0 saturated heterocycles. The molecule has 146 valence electrons. The van der Waals surface area contributed by atoms with E-state index in [1.54, 1.807) is 31.3 Å². The summed E-state index contributed by atoms with van der Waals surface area (Å²) < 4.78 is 13.8. The number of hydrogen-bond acceptors (Lipinski definition) is 2. The van der Waals surface area contributed by atoms with Crippen molar-refractivity contribution in [3.8, 4) is 0 Å². The van der Waals surface area contributed by atoms with Gasteiger partial charge in [-0.1, -0.05) is 28.1 Å². The number of aliphatic imine (C=N–C) groups is 1. The second-order valence-electron chi connectivity index (χ2n) is 5.57. The number of guanidine groups is 1. The Balaban J connectivity index is 0.00000364. The van der Waals surface area contributed by atoms with Gasteiger partial charge in [0, 0.05) is 36.7 Å². The summed E-state index contributed by atoms with van der Waals surface area (Å²) in [7, 11) is 1.69. The number of carbonyl (C=O) groups excluding carboxylic acids is 1. The van der Waals surface area contributed by atoms with Gasteiger partial charge in [0.2, 0.25) is 0 Å². The smallest absolute Gasteiger partial charge is 0.251 e. The maximum Gasteiger partial charge on any atom is 0.251 e. The molecule has 2 aromatic rings. The SMILES string of the molecule is CN=C(NCCNC(=O)c1ccc(Br)cc1)NCCc1ccc(F)cc1.I. The molecule has 0 bridgehead atoms. The summed E-state index contributed by atoms with van der Waals surface area (Å²) in [5, 5.41) is 9.17. The van der Waals surface area contributed by atoms with Crippen molar-refractivity contribution in [1.29, 1.82) is 0 Å². The summed E-state index contributed by atoms with van der Waals surface area (Å²) in [5.74, 6) is 0.313. The highest BCUT2D eigenvalue weighted by Gasteiger charge is 2.04. The number of hydrogen-bond donors (Lipinski definition) is 3. The summed E-state index contributed by atoms with van der Waals surface area (Å²) in [6, 6.07) is 13.6. The molecule has 0 aliphatic rings. The van der Waals surface area contributed by atoms with Crippen LogP contribution in [-0.4, -0.2) is 38.5 Å². The lowest BCUT2D eigenvalue weighted by atomic mass is 10.1. The van der Waals surface area contributed by atoms with Gasteiger partial charge in [0.25, 0.3) is 5.91 Å². The number of rotatable bonds is 7. The van der Waals surface area contributed by atoms with Crippen LogP contribution in [0.2, 0.25) is 0 Å². The van der Waals surface area contributed by atoms with E-state index in [-0.39, 0.29) is 35.7 Å². The largest absolute Gasteiger partial charge is 0.356 e. The molecular weight excluding hydrogens is 526 g/mol. The Labute approximate surface area is 184 Å². The molecule has 0 fully saturated rings. The van der Waals surface area contributed by atoms with Gasteiger partial charge in [-0.05, 0) is 48.4 Å². The van der Waals surface area contributed by atoms with Crippen LogP contribution in [0.4, 0.5) is 4.39 Å². The second kappa shape index (κ2) is 12.7. The van der Waals surface area contributed by atoms with Crippen molar-refractivity contribution in [3.05, 3.63) is 69.9 Å². The molecule has 0 aliphatic carbocycles. The molecule has 0 aliphatic heterocycles. The fourth-order valence-electron chi connectivity index (χ4n) is 2.26. The molecule has 3 N–H and O–H groups in total. The normalized spacial score (nSPS) is 10.7. The number of benzene rings is 2. The molecule has 0 atom stereocenters. The van der Waals surface area contributed by atoms with Gasteiger partial charge in [-0.3, -0.25) is 9.79 Å². The van der Waals surface area contributed by atoms with Crippen LogP contribution in [0.25, 0.3) is 0 Å². The van der Waals surface area contributed by atoms with Crippen LogP contribution >= 0.6 is 39.9 Å². The first-order chi connectivity index (χ1) is 12.6. The first-order valence-corrected chi connectivity index (χ1v) is 9.10. The number of nitrogens with one attached hydrogen (secondary N) is 3. The average Bonchev–Trinajstić information content (AvgIpc) is 2.65. The molecule has 1 amide bonds. The van der Waals surface area contributed by atoms with Crippen molar-refractivity contribution >= 4 is 51.8 Å². The number of nitrogens with zero attached hydrogens (tertiary/aromatic N) is 1. The van der Waals surface area contributed by atoms with Crippen LogP contribution in [0.1, 0.15) is 15.9 Å². The van der Waals surface area contributed by atoms with Crippen molar-refractivity contribution in [2.45, 2.75) is 6.42 Å². The molecule has 0 heterocycles. The van der Waals surface area contributed by atoms with Crippen LogP contribution in [0.5, 0.6) is 0 Å². The molecule has 0 spiro atoms. The topological polar surface area (TPSA) is 65.5 Å². The molecule has 0 radical (unpaired) electrons. The fraction of sp³-hybridized carbons (Fsp3) is 0.263. The third-order valence-electron chi connectivity index (χ3n) is 3.65. The molecule has 27 heavy (non-hydrogen) atoms. The highest BCUT2D eigenvalue weighted by molar-refractivity contribution is 14.0. The summed E-state index contributed by atoms with van der Waals surface area (Å²) in [6.45, 7) is 1.71. The van der Waals surface area contributed by atoms with Gasteiger partial charge in [0.15, 0.2) is 5.96 Å². The van der Waals surface area contributed by atoms with Gasteiger partial charge >= 0.3 is 0 Å². The monoisotopic (exact) mass is 548 g/mol. The van der Waals surface area contributed by atoms with Crippen molar-refractivity contribution in [2.24, 2.45) is 4.99 Å². The van der Waals surface area contributed by atoms with E-state index in [1.807, 2.05) is 12.1 Å². The van der Waals surface area contributed by atoms with E-state index in [4.69, 9.17) is 0 Å². The fourth-order valence-corrected chi connectivity index (χ4v) is 2.52. The third-order valence-corrected chi connectivity index (χ3v) is 4.18. The number of carbonyl (C=O) groups is 1. The lowest BCUT2D eigenvalue weighted by Crippen LogP contribution is -2.42. The minimum Gasteiger partial charge on any atom is -0.356 e. The van der Waals surface area contributed by atoms with Crippen LogP contribution in [0.15, 0.2) is 58.0 Å². The standard InChI is InChI=1S/C19H22BrFN4O.HI/c1-22-19(24-11-10-14-2-8-17(21)9-3-14)25-13-12-23-18(26)15-4-6-16(20)7-5-15;/h2-9H,10-13H2,1H3,(H,23,26)(H2,22,24,25);1H. The minimum absolute atomic E-state index is 0. The molecule has 2 rings (SSSR count). The summed E-state index contributed by atoms with van der Waals surface area (Å²) in [6.07, 6.45) is 0.765. The molecule has 8 heteroatoms. The van der Waals surface area contributed by atoms with E-state index in [0.717, 1.165) is 16.5 Å². The second-order valence-corrected chi connectivity index (χ2v) is 6.48. The molecular formula is C19H23BrFIN4O. The minimum atomic E-state index is -0.232. The van der Waals surface area contributed by atoms with E-state index in [2.05, 4.69) is 36.9 Å². The summed E-state index contributed by atoms with van der Waals surface area (Å²) >= 11 is 3.34. The highest BCUT2D eigenvalue weighted by Crippen LogP contribution is 2.10. The van der Waals surface area contributed by atoms with Crippen molar-refractivity contribution in [3.63, 3.8) is 0 Å². The van der Waals surface area contributed by atoms with Crippen molar-refractivity contribution in [2.75, 3.05) is 26.7 Å². The number of amides is 1. The average molecular weight is 549 g/mol. The van der Waals surface area contributed by atoms with Gasteiger partial charge in [-0.25, -0.2) is 4.39 Å². The van der Waals surface area contributed by atoms with E-state index in [1.165, 1.54) is 12.1 Å². The van der Waals surface area contributed by atoms with Gasteiger partial charge in [0.1, 0.15) is 5.82 Å². The number of halogens is 3. The summed E-state index contributed by atoms with van der Waals surface area (Å²) in [5.41, 5.74) is 1.67. The van der Waals surface area contributed by atoms with E-state index >= 15 is 0 Å². The van der Waals surface area contributed by atoms with E-state index in [0.29, 0.717) is 31.2 Å². The molecule has 0 aromatic heterocycles. The molecule has 0 unspecified atom stereocenters. The molecule has 0 saturated carbocycles. The third kappa shape index (κ3) is 8.70. The first-order valence-electron chi connectivity index (χ1n) is 8.31. The summed E-state index contributed by atoms with van der Waals surface area (Å²) in [4.78, 5) is 16.1. The lowest BCUT2D eigenvalue weighted by molar-refractivity contribution is 0.0954. The Morgan fingerprint density at radius 2 is 1.56 bits per heavy atom. The Bertz CT molecular complexity index is 738.